The van der Waals surface area contributed by atoms with Crippen LogP contribution in [0.2, 0.25) is 0 Å². The van der Waals surface area contributed by atoms with Crippen LogP contribution in [0.4, 0.5) is 0 Å². The molecule has 0 aromatic heterocycles. The molecule has 6 nitrogen and oxygen atoms in total. The van der Waals surface area contributed by atoms with E-state index in [2.05, 4.69) is 0 Å². The van der Waals surface area contributed by atoms with Gasteiger partial charge in [0.15, 0.2) is 0 Å². The van der Waals surface area contributed by atoms with Gasteiger partial charge in [-0.3, -0.25) is 4.79 Å². The molecule has 2 heterocycles. The van der Waals surface area contributed by atoms with Crippen LogP contribution < -0.4 is 4.74 Å². The average Bonchev–Trinajstić information content (AvgIpc) is 3.01. The van der Waals surface area contributed by atoms with Gasteiger partial charge in [-0.15, -0.1) is 0 Å². The molecule has 1 aromatic carbocycles. The van der Waals surface area contributed by atoms with Crippen LogP contribution in [0, 0.1) is 6.92 Å². The number of aryl methyl sites for hydroxylation is 1. The fourth-order valence-corrected chi connectivity index (χ4v) is 5.30. The number of nitrogens with zero attached hydrogens (tertiary/aromatic N) is 2. The molecule has 2 unspecified atom stereocenters. The Bertz CT molecular complexity index is 747. The summed E-state index contributed by atoms with van der Waals surface area (Å²) < 4.78 is 33.0. The van der Waals surface area contributed by atoms with Gasteiger partial charge in [-0.1, -0.05) is 0 Å². The van der Waals surface area contributed by atoms with Crippen molar-refractivity contribution in [3.63, 3.8) is 0 Å². The fourth-order valence-electron chi connectivity index (χ4n) is 3.59. The Kier molecular flexibility index (Phi) is 4.57. The Morgan fingerprint density at radius 2 is 2.08 bits per heavy atom. The molecule has 2 aliphatic rings. The van der Waals surface area contributed by atoms with Crippen molar-refractivity contribution in [2.24, 2.45) is 0 Å². The molecule has 0 spiro atoms. The van der Waals surface area contributed by atoms with Gasteiger partial charge in [0.2, 0.25) is 15.9 Å². The number of hydrogen-bond acceptors (Lipinski definition) is 4. The number of hydrogen-bond donors (Lipinski definition) is 0. The molecule has 3 rings (SSSR count). The lowest BCUT2D eigenvalue weighted by atomic mass is 10.1. The molecule has 24 heavy (non-hydrogen) atoms. The minimum absolute atomic E-state index is 0.00673. The first kappa shape index (κ1) is 17.2. The number of fused-ring (bicyclic) bond motifs is 1. The van der Waals surface area contributed by atoms with Crippen molar-refractivity contribution >= 4 is 15.9 Å². The van der Waals surface area contributed by atoms with E-state index in [0.717, 1.165) is 24.9 Å². The van der Waals surface area contributed by atoms with Crippen LogP contribution in [0.25, 0.3) is 0 Å². The van der Waals surface area contributed by atoms with Crippen molar-refractivity contribution < 1.29 is 17.9 Å². The predicted molar refractivity (Wildman–Crippen MR) is 90.4 cm³/mol. The highest BCUT2D eigenvalue weighted by Gasteiger charge is 2.45. The summed E-state index contributed by atoms with van der Waals surface area (Å²) in [5.41, 5.74) is 0.774. The highest BCUT2D eigenvalue weighted by molar-refractivity contribution is 7.89. The second kappa shape index (κ2) is 6.37. The number of piperazine rings is 1. The van der Waals surface area contributed by atoms with E-state index in [9.17, 15) is 13.2 Å². The third-order valence-corrected chi connectivity index (χ3v) is 6.83. The number of carbonyl (C=O) groups excluding carboxylic acids is 1. The van der Waals surface area contributed by atoms with Crippen LogP contribution in [0.1, 0.15) is 32.3 Å². The first-order valence-electron chi connectivity index (χ1n) is 8.42. The topological polar surface area (TPSA) is 66.9 Å². The Morgan fingerprint density at radius 3 is 2.75 bits per heavy atom. The minimum atomic E-state index is -3.71. The van der Waals surface area contributed by atoms with Crippen LogP contribution in [0.3, 0.4) is 0 Å². The fraction of sp³-hybridized carbons (Fsp3) is 0.588. The first-order valence-corrected chi connectivity index (χ1v) is 9.86. The van der Waals surface area contributed by atoms with Crippen molar-refractivity contribution in [1.82, 2.24) is 9.21 Å². The second-order valence-corrected chi connectivity index (χ2v) is 8.33. The molecule has 2 fully saturated rings. The van der Waals surface area contributed by atoms with E-state index in [-0.39, 0.29) is 16.8 Å². The molecule has 0 aliphatic carbocycles. The van der Waals surface area contributed by atoms with Crippen molar-refractivity contribution in [1.29, 1.82) is 0 Å². The Hall–Kier alpha value is -1.60. The van der Waals surface area contributed by atoms with Gasteiger partial charge in [-0.05, 0) is 57.4 Å². The number of benzene rings is 1. The van der Waals surface area contributed by atoms with Crippen LogP contribution in [-0.2, 0) is 14.8 Å². The maximum atomic E-state index is 13.1. The normalized spacial score (nSPS) is 25.0. The summed E-state index contributed by atoms with van der Waals surface area (Å²) in [7, 11) is -3.71. The van der Waals surface area contributed by atoms with Gasteiger partial charge in [-0.2, -0.15) is 4.31 Å². The van der Waals surface area contributed by atoms with Crippen molar-refractivity contribution in [3.8, 4) is 5.75 Å². The molecule has 0 N–H and O–H groups in total. The lowest BCUT2D eigenvalue weighted by Gasteiger charge is -2.40. The molecule has 0 radical (unpaired) electrons. The van der Waals surface area contributed by atoms with E-state index in [1.165, 1.54) is 4.31 Å². The van der Waals surface area contributed by atoms with E-state index in [1.807, 2.05) is 18.7 Å². The number of amides is 1. The summed E-state index contributed by atoms with van der Waals surface area (Å²) in [6, 6.07) is 4.22. The molecule has 2 saturated heterocycles. The predicted octanol–water partition coefficient (Wildman–Crippen LogP) is 1.78. The number of sulfonamides is 1. The van der Waals surface area contributed by atoms with Crippen molar-refractivity contribution in [3.05, 3.63) is 23.8 Å². The molecule has 132 valence electrons. The highest BCUT2D eigenvalue weighted by Crippen LogP contribution is 2.31. The largest absolute Gasteiger partial charge is 0.494 e. The number of carbonyl (C=O) groups is 1. The van der Waals surface area contributed by atoms with Gasteiger partial charge in [0.25, 0.3) is 0 Å². The zero-order valence-electron chi connectivity index (χ0n) is 14.4. The van der Waals surface area contributed by atoms with Crippen LogP contribution in [0.5, 0.6) is 5.75 Å². The zero-order chi connectivity index (χ0) is 17.5. The SMILES string of the molecule is CCOc1ccc(S(=O)(=O)N2CC3CCCN3C(=O)C2C)cc1C. The molecular weight excluding hydrogens is 328 g/mol. The Morgan fingerprint density at radius 1 is 1.33 bits per heavy atom. The van der Waals surface area contributed by atoms with Gasteiger partial charge in [-0.25, -0.2) is 8.42 Å². The van der Waals surface area contributed by atoms with Crippen LogP contribution in [-0.4, -0.2) is 55.3 Å². The molecule has 1 amide bonds. The van der Waals surface area contributed by atoms with Gasteiger partial charge in [0, 0.05) is 19.1 Å². The summed E-state index contributed by atoms with van der Waals surface area (Å²) in [6.07, 6.45) is 1.81. The van der Waals surface area contributed by atoms with Crippen molar-refractivity contribution in [2.75, 3.05) is 19.7 Å². The zero-order valence-corrected chi connectivity index (χ0v) is 15.2. The molecule has 2 atom stereocenters. The Labute approximate surface area is 143 Å². The maximum absolute atomic E-state index is 13.1. The third kappa shape index (κ3) is 2.80. The number of rotatable bonds is 4. The summed E-state index contributed by atoms with van der Waals surface area (Å²) in [6.45, 7) is 7.04. The van der Waals surface area contributed by atoms with Gasteiger partial charge in [0.05, 0.1) is 11.5 Å². The lowest BCUT2D eigenvalue weighted by Crippen LogP contribution is -2.59. The van der Waals surface area contributed by atoms with Crippen LogP contribution in [0.15, 0.2) is 23.1 Å². The van der Waals surface area contributed by atoms with E-state index < -0.39 is 16.1 Å². The molecule has 0 bridgehead atoms. The van der Waals surface area contributed by atoms with E-state index in [1.54, 1.807) is 25.1 Å². The number of ether oxygens (including phenoxy) is 1. The summed E-state index contributed by atoms with van der Waals surface area (Å²) in [5, 5.41) is 0. The van der Waals surface area contributed by atoms with Gasteiger partial charge in [0.1, 0.15) is 11.8 Å². The summed E-state index contributed by atoms with van der Waals surface area (Å²) >= 11 is 0. The van der Waals surface area contributed by atoms with E-state index >= 15 is 0 Å². The average molecular weight is 352 g/mol. The van der Waals surface area contributed by atoms with Crippen LogP contribution >= 0.6 is 0 Å². The smallest absolute Gasteiger partial charge is 0.243 e. The molecule has 1 aromatic rings. The second-order valence-electron chi connectivity index (χ2n) is 6.44. The lowest BCUT2D eigenvalue weighted by molar-refractivity contribution is -0.139. The molecule has 7 heteroatoms. The summed E-state index contributed by atoms with van der Waals surface area (Å²) in [4.78, 5) is 14.6. The van der Waals surface area contributed by atoms with E-state index in [0.29, 0.717) is 18.9 Å². The monoisotopic (exact) mass is 352 g/mol. The quantitative estimate of drug-likeness (QED) is 0.828. The summed E-state index contributed by atoms with van der Waals surface area (Å²) in [5.74, 6) is 0.594. The first-order chi connectivity index (χ1) is 11.4. The van der Waals surface area contributed by atoms with E-state index in [4.69, 9.17) is 4.74 Å². The maximum Gasteiger partial charge on any atom is 0.243 e. The van der Waals surface area contributed by atoms with Crippen molar-refractivity contribution in [2.45, 2.75) is 50.6 Å². The van der Waals surface area contributed by atoms with Gasteiger partial charge >= 0.3 is 0 Å². The Balaban J connectivity index is 1.92. The highest BCUT2D eigenvalue weighted by atomic mass is 32.2. The third-order valence-electron chi connectivity index (χ3n) is 4.89. The molecule has 0 saturated carbocycles. The molecular formula is C17H24N2O4S. The van der Waals surface area contributed by atoms with Gasteiger partial charge < -0.3 is 9.64 Å². The molecule has 2 aliphatic heterocycles. The standard InChI is InChI=1S/C17H24N2O4S/c1-4-23-16-8-7-15(10-12(16)2)24(21,22)19-11-14-6-5-9-18(14)17(20)13(19)3/h7-8,10,13-14H,4-6,9,11H2,1-3H3. The minimum Gasteiger partial charge on any atom is -0.494 e.